The molecule has 19 heavy (non-hydrogen) atoms. The average molecular weight is 282 g/mol. The van der Waals surface area contributed by atoms with Crippen molar-refractivity contribution in [2.24, 2.45) is 17.1 Å². The minimum Gasteiger partial charge on any atom is -0.393 e. The van der Waals surface area contributed by atoms with Crippen molar-refractivity contribution in [2.75, 3.05) is 19.6 Å². The number of nitrogens with zero attached hydrogens (tertiary/aromatic N) is 1. The van der Waals surface area contributed by atoms with Crippen molar-refractivity contribution in [3.63, 3.8) is 0 Å². The smallest absolute Gasteiger partial charge is 0.0733 e. The quantitative estimate of drug-likeness (QED) is 0.775. The largest absolute Gasteiger partial charge is 0.393 e. The van der Waals surface area contributed by atoms with E-state index in [9.17, 15) is 5.11 Å². The molecule has 0 bridgehead atoms. The van der Waals surface area contributed by atoms with Gasteiger partial charge in [0.05, 0.1) is 10.6 Å². The van der Waals surface area contributed by atoms with E-state index in [4.69, 9.17) is 18.0 Å². The third-order valence-electron chi connectivity index (χ3n) is 5.58. The Labute approximate surface area is 121 Å². The van der Waals surface area contributed by atoms with E-state index in [1.165, 1.54) is 32.1 Å². The molecule has 2 unspecified atom stereocenters. The highest BCUT2D eigenvalue weighted by Crippen LogP contribution is 2.50. The molecule has 3 nitrogen and oxygen atoms in total. The van der Waals surface area contributed by atoms with Crippen molar-refractivity contribution in [1.29, 1.82) is 0 Å². The maximum Gasteiger partial charge on any atom is 0.0733 e. The lowest BCUT2D eigenvalue weighted by Crippen LogP contribution is -2.54. The minimum absolute atomic E-state index is 0.353. The first-order valence-electron chi connectivity index (χ1n) is 7.75. The third-order valence-corrected chi connectivity index (χ3v) is 5.72. The van der Waals surface area contributed by atoms with E-state index < -0.39 is 0 Å². The summed E-state index contributed by atoms with van der Waals surface area (Å²) in [6.45, 7) is 3.26. The lowest BCUT2D eigenvalue weighted by Gasteiger charge is -2.48. The molecule has 0 aromatic carbocycles. The fourth-order valence-electron chi connectivity index (χ4n) is 4.19. The van der Waals surface area contributed by atoms with Gasteiger partial charge < -0.3 is 15.7 Å². The zero-order valence-electron chi connectivity index (χ0n) is 11.7. The Kier molecular flexibility index (Phi) is 3.61. The van der Waals surface area contributed by atoms with Crippen LogP contribution < -0.4 is 5.73 Å². The van der Waals surface area contributed by atoms with Crippen LogP contribution in [0.4, 0.5) is 0 Å². The molecular formula is C15H26N2OS. The molecule has 108 valence electrons. The number of hydrogen-bond donors (Lipinski definition) is 2. The number of piperidine rings is 1. The Bertz CT molecular complexity index is 369. The zero-order chi connectivity index (χ0) is 13.5. The molecule has 3 fully saturated rings. The summed E-state index contributed by atoms with van der Waals surface area (Å²) < 4.78 is 0. The highest BCUT2D eigenvalue weighted by molar-refractivity contribution is 7.80. The van der Waals surface area contributed by atoms with E-state index in [0.717, 1.165) is 38.9 Å². The summed E-state index contributed by atoms with van der Waals surface area (Å²) in [4.78, 5) is 3.24. The van der Waals surface area contributed by atoms with Crippen LogP contribution in [-0.2, 0) is 0 Å². The Morgan fingerprint density at radius 1 is 1.26 bits per heavy atom. The second kappa shape index (κ2) is 4.97. The second-order valence-electron chi connectivity index (χ2n) is 7.17. The SMILES string of the molecule is NC(=S)CC1(CN2CCC3(O)CCCCC3C2)CC1. The zero-order valence-corrected chi connectivity index (χ0v) is 12.6. The molecule has 2 aliphatic carbocycles. The molecular weight excluding hydrogens is 256 g/mol. The summed E-state index contributed by atoms with van der Waals surface area (Å²) in [7, 11) is 0. The van der Waals surface area contributed by atoms with Crippen LogP contribution in [0.25, 0.3) is 0 Å². The summed E-state index contributed by atoms with van der Waals surface area (Å²) in [5.74, 6) is 0.496. The van der Waals surface area contributed by atoms with Crippen LogP contribution >= 0.6 is 12.2 Å². The van der Waals surface area contributed by atoms with Crippen LogP contribution in [0.2, 0.25) is 0 Å². The highest BCUT2D eigenvalue weighted by Gasteiger charge is 2.48. The molecule has 3 rings (SSSR count). The van der Waals surface area contributed by atoms with Crippen molar-refractivity contribution < 1.29 is 5.11 Å². The van der Waals surface area contributed by atoms with Crippen LogP contribution in [0.1, 0.15) is 51.4 Å². The molecule has 0 spiro atoms. The maximum atomic E-state index is 10.7. The molecule has 3 aliphatic rings. The van der Waals surface area contributed by atoms with E-state index in [2.05, 4.69) is 4.90 Å². The molecule has 0 aromatic heterocycles. The number of aliphatic hydroxyl groups is 1. The fourth-order valence-corrected chi connectivity index (χ4v) is 4.50. The Morgan fingerprint density at radius 2 is 2.05 bits per heavy atom. The second-order valence-corrected chi connectivity index (χ2v) is 7.70. The van der Waals surface area contributed by atoms with Crippen LogP contribution in [0, 0.1) is 11.3 Å². The van der Waals surface area contributed by atoms with Gasteiger partial charge in [0.25, 0.3) is 0 Å². The fraction of sp³-hybridized carbons (Fsp3) is 0.933. The van der Waals surface area contributed by atoms with Gasteiger partial charge in [-0.05, 0) is 37.5 Å². The van der Waals surface area contributed by atoms with E-state index in [1.54, 1.807) is 0 Å². The number of nitrogens with two attached hydrogens (primary N) is 1. The van der Waals surface area contributed by atoms with Gasteiger partial charge in [0, 0.05) is 32.0 Å². The van der Waals surface area contributed by atoms with Crippen molar-refractivity contribution in [1.82, 2.24) is 4.90 Å². The third kappa shape index (κ3) is 2.96. The Morgan fingerprint density at radius 3 is 2.74 bits per heavy atom. The minimum atomic E-state index is -0.353. The monoisotopic (exact) mass is 282 g/mol. The van der Waals surface area contributed by atoms with Crippen molar-refractivity contribution in [3.8, 4) is 0 Å². The van der Waals surface area contributed by atoms with E-state index >= 15 is 0 Å². The van der Waals surface area contributed by atoms with Gasteiger partial charge in [-0.15, -0.1) is 0 Å². The average Bonchev–Trinajstić information content (AvgIpc) is 3.08. The normalized spacial score (nSPS) is 37.6. The van der Waals surface area contributed by atoms with Gasteiger partial charge in [-0.2, -0.15) is 0 Å². The van der Waals surface area contributed by atoms with Crippen molar-refractivity contribution in [2.45, 2.75) is 57.0 Å². The molecule has 1 heterocycles. The van der Waals surface area contributed by atoms with Gasteiger partial charge in [0.2, 0.25) is 0 Å². The summed E-state index contributed by atoms with van der Waals surface area (Å²) in [6, 6.07) is 0. The number of likely N-dealkylation sites (tertiary alicyclic amines) is 1. The van der Waals surface area contributed by atoms with Crippen molar-refractivity contribution in [3.05, 3.63) is 0 Å². The molecule has 4 heteroatoms. The van der Waals surface area contributed by atoms with Crippen molar-refractivity contribution >= 4 is 17.2 Å². The predicted molar refractivity (Wildman–Crippen MR) is 81.0 cm³/mol. The lowest BCUT2D eigenvalue weighted by molar-refractivity contribution is -0.0977. The maximum absolute atomic E-state index is 10.7. The number of rotatable bonds is 4. The van der Waals surface area contributed by atoms with E-state index in [-0.39, 0.29) is 5.60 Å². The molecule has 1 saturated heterocycles. The van der Waals surface area contributed by atoms with Crippen LogP contribution in [0.15, 0.2) is 0 Å². The van der Waals surface area contributed by atoms with Gasteiger partial charge >= 0.3 is 0 Å². The Hall–Kier alpha value is -0.190. The summed E-state index contributed by atoms with van der Waals surface area (Å²) in [5.41, 5.74) is 5.76. The van der Waals surface area contributed by atoms with Gasteiger partial charge in [-0.25, -0.2) is 0 Å². The Balaban J connectivity index is 1.58. The topological polar surface area (TPSA) is 49.5 Å². The standard InChI is InChI=1S/C15H26N2OS/c16-13(19)9-14(5-6-14)11-17-8-7-15(18)4-2-1-3-12(15)10-17/h12,18H,1-11H2,(H2,16,19). The van der Waals surface area contributed by atoms with Gasteiger partial charge in [-0.1, -0.05) is 25.1 Å². The summed E-state index contributed by atoms with van der Waals surface area (Å²) >= 11 is 5.08. The van der Waals surface area contributed by atoms with E-state index in [1.807, 2.05) is 0 Å². The van der Waals surface area contributed by atoms with Gasteiger partial charge in [0.15, 0.2) is 0 Å². The first kappa shape index (κ1) is 13.8. The summed E-state index contributed by atoms with van der Waals surface area (Å²) in [5, 5.41) is 10.7. The predicted octanol–water partition coefficient (Wildman–Crippen LogP) is 2.07. The number of fused-ring (bicyclic) bond motifs is 1. The van der Waals surface area contributed by atoms with Crippen LogP contribution in [-0.4, -0.2) is 40.2 Å². The number of thiocarbonyl (C=S) groups is 1. The summed E-state index contributed by atoms with van der Waals surface area (Å²) in [6.07, 6.45) is 9.14. The molecule has 2 saturated carbocycles. The lowest BCUT2D eigenvalue weighted by atomic mass is 9.71. The molecule has 1 aliphatic heterocycles. The molecule has 3 N–H and O–H groups in total. The van der Waals surface area contributed by atoms with Crippen LogP contribution in [0.3, 0.4) is 0 Å². The molecule has 2 atom stereocenters. The number of hydrogen-bond acceptors (Lipinski definition) is 3. The highest BCUT2D eigenvalue weighted by atomic mass is 32.1. The molecule has 0 aromatic rings. The molecule has 0 amide bonds. The van der Waals surface area contributed by atoms with E-state index in [0.29, 0.717) is 16.3 Å². The first-order valence-corrected chi connectivity index (χ1v) is 8.15. The van der Waals surface area contributed by atoms with Gasteiger partial charge in [-0.3, -0.25) is 0 Å². The molecule has 0 radical (unpaired) electrons. The van der Waals surface area contributed by atoms with Gasteiger partial charge in [0.1, 0.15) is 0 Å². The first-order chi connectivity index (χ1) is 9.01. The van der Waals surface area contributed by atoms with Crippen LogP contribution in [0.5, 0.6) is 0 Å².